The molecule has 2 heterocycles. The molecule has 30 heavy (non-hydrogen) atoms. The van der Waals surface area contributed by atoms with Crippen LogP contribution in [0.1, 0.15) is 29.4 Å². The van der Waals surface area contributed by atoms with Gasteiger partial charge in [-0.05, 0) is 62.0 Å². The average Bonchev–Trinajstić information content (AvgIpc) is 3.25. The van der Waals surface area contributed by atoms with Crippen LogP contribution in [0, 0.1) is 0 Å². The molecule has 1 fully saturated rings. The van der Waals surface area contributed by atoms with E-state index in [1.807, 2.05) is 16.3 Å². The Bertz CT molecular complexity index is 854. The van der Waals surface area contributed by atoms with Crippen molar-refractivity contribution in [2.24, 2.45) is 0 Å². The molecular formula is C21H26N4O4S. The van der Waals surface area contributed by atoms with Gasteiger partial charge in [0.05, 0.1) is 18.0 Å². The van der Waals surface area contributed by atoms with Crippen molar-refractivity contribution < 1.29 is 19.1 Å². The van der Waals surface area contributed by atoms with E-state index in [0.717, 1.165) is 19.4 Å². The number of carbonyl (C=O) groups excluding carboxylic acids is 3. The van der Waals surface area contributed by atoms with Crippen LogP contribution in [0.3, 0.4) is 0 Å². The quantitative estimate of drug-likeness (QED) is 0.627. The molecular weight excluding hydrogens is 404 g/mol. The SMILES string of the molecule is CCOC(=O)NC1CCCN(CC(=O)Nc2ccc(NC(=O)c3cccs3)cc2)C1. The first-order valence-corrected chi connectivity index (χ1v) is 10.8. The van der Waals surface area contributed by atoms with Crippen LogP contribution in [-0.4, -0.2) is 55.1 Å². The molecule has 8 nitrogen and oxygen atoms in total. The number of likely N-dealkylation sites (tertiary alicyclic amines) is 1. The molecule has 3 amide bonds. The normalized spacial score (nSPS) is 16.5. The number of ether oxygens (including phenoxy) is 1. The number of hydrogen-bond donors (Lipinski definition) is 3. The molecule has 3 N–H and O–H groups in total. The first-order valence-electron chi connectivity index (χ1n) is 9.94. The van der Waals surface area contributed by atoms with E-state index in [0.29, 0.717) is 29.4 Å². The van der Waals surface area contributed by atoms with Gasteiger partial charge in [0, 0.05) is 24.0 Å². The minimum absolute atomic E-state index is 0.0168. The number of thiophene rings is 1. The molecule has 2 aromatic rings. The standard InChI is InChI=1S/C21H26N4O4S/c1-2-29-21(28)24-17-5-3-11-25(13-17)14-19(26)22-15-7-9-16(10-8-15)23-20(27)18-6-4-12-30-18/h4,6-10,12,17H,2-3,5,11,13-14H2,1H3,(H,22,26)(H,23,27)(H,24,28). The number of hydrogen-bond acceptors (Lipinski definition) is 6. The number of piperidine rings is 1. The molecule has 1 atom stereocenters. The summed E-state index contributed by atoms with van der Waals surface area (Å²) in [6.45, 7) is 3.77. The molecule has 9 heteroatoms. The molecule has 0 saturated carbocycles. The maximum absolute atomic E-state index is 12.4. The summed E-state index contributed by atoms with van der Waals surface area (Å²) in [6, 6.07) is 10.6. The van der Waals surface area contributed by atoms with Crippen LogP contribution in [0.4, 0.5) is 16.2 Å². The smallest absolute Gasteiger partial charge is 0.407 e. The number of nitrogens with one attached hydrogen (secondary N) is 3. The topological polar surface area (TPSA) is 99.8 Å². The summed E-state index contributed by atoms with van der Waals surface area (Å²) in [4.78, 5) is 38.7. The molecule has 1 aromatic carbocycles. The minimum Gasteiger partial charge on any atom is -0.450 e. The molecule has 3 rings (SSSR count). The van der Waals surface area contributed by atoms with Gasteiger partial charge < -0.3 is 20.7 Å². The van der Waals surface area contributed by atoms with Crippen molar-refractivity contribution in [3.8, 4) is 0 Å². The first kappa shape index (κ1) is 21.8. The predicted molar refractivity (Wildman–Crippen MR) is 117 cm³/mol. The maximum atomic E-state index is 12.4. The maximum Gasteiger partial charge on any atom is 0.407 e. The lowest BCUT2D eigenvalue weighted by atomic mass is 10.1. The van der Waals surface area contributed by atoms with Gasteiger partial charge in [0.2, 0.25) is 5.91 Å². The third-order valence-corrected chi connectivity index (χ3v) is 5.51. The number of benzene rings is 1. The Balaban J connectivity index is 1.45. The summed E-state index contributed by atoms with van der Waals surface area (Å²) >= 11 is 1.38. The monoisotopic (exact) mass is 430 g/mol. The van der Waals surface area contributed by atoms with Crippen molar-refractivity contribution >= 4 is 40.6 Å². The highest BCUT2D eigenvalue weighted by Crippen LogP contribution is 2.17. The fourth-order valence-corrected chi connectivity index (χ4v) is 3.92. The van der Waals surface area contributed by atoms with E-state index in [2.05, 4.69) is 16.0 Å². The van der Waals surface area contributed by atoms with Gasteiger partial charge in [-0.2, -0.15) is 0 Å². The van der Waals surface area contributed by atoms with Gasteiger partial charge in [0.1, 0.15) is 0 Å². The van der Waals surface area contributed by atoms with Crippen LogP contribution >= 0.6 is 11.3 Å². The zero-order valence-corrected chi connectivity index (χ0v) is 17.7. The summed E-state index contributed by atoms with van der Waals surface area (Å²) in [5.41, 5.74) is 1.32. The Hall–Kier alpha value is -2.91. The van der Waals surface area contributed by atoms with Crippen LogP contribution in [0.2, 0.25) is 0 Å². The van der Waals surface area contributed by atoms with Crippen LogP contribution in [-0.2, 0) is 9.53 Å². The van der Waals surface area contributed by atoms with Gasteiger partial charge in [-0.1, -0.05) is 6.07 Å². The molecule has 0 radical (unpaired) electrons. The number of alkyl carbamates (subject to hydrolysis) is 1. The highest BCUT2D eigenvalue weighted by atomic mass is 32.1. The van der Waals surface area contributed by atoms with E-state index in [-0.39, 0.29) is 24.4 Å². The van der Waals surface area contributed by atoms with E-state index in [1.54, 1.807) is 37.3 Å². The number of amides is 3. The lowest BCUT2D eigenvalue weighted by molar-refractivity contribution is -0.117. The van der Waals surface area contributed by atoms with E-state index >= 15 is 0 Å². The Morgan fingerprint density at radius 3 is 2.53 bits per heavy atom. The van der Waals surface area contributed by atoms with Crippen LogP contribution in [0.15, 0.2) is 41.8 Å². The molecule has 1 unspecified atom stereocenters. The lowest BCUT2D eigenvalue weighted by Gasteiger charge is -2.32. The zero-order chi connectivity index (χ0) is 21.3. The number of carbonyl (C=O) groups is 3. The van der Waals surface area contributed by atoms with Gasteiger partial charge >= 0.3 is 6.09 Å². The van der Waals surface area contributed by atoms with Crippen LogP contribution in [0.25, 0.3) is 0 Å². The molecule has 0 bridgehead atoms. The largest absolute Gasteiger partial charge is 0.450 e. The summed E-state index contributed by atoms with van der Waals surface area (Å²) in [5, 5.41) is 10.4. The number of anilines is 2. The summed E-state index contributed by atoms with van der Waals surface area (Å²) in [5.74, 6) is -0.278. The fourth-order valence-electron chi connectivity index (χ4n) is 3.30. The van der Waals surface area contributed by atoms with Crippen molar-refractivity contribution in [1.29, 1.82) is 0 Å². The van der Waals surface area contributed by atoms with Crippen molar-refractivity contribution in [1.82, 2.24) is 10.2 Å². The molecule has 0 aliphatic carbocycles. The summed E-state index contributed by atoms with van der Waals surface area (Å²) < 4.78 is 4.92. The second-order valence-corrected chi connectivity index (χ2v) is 7.94. The lowest BCUT2D eigenvalue weighted by Crippen LogP contribution is -2.49. The van der Waals surface area contributed by atoms with Crippen LogP contribution in [0.5, 0.6) is 0 Å². The molecule has 1 aliphatic heterocycles. The fraction of sp³-hybridized carbons (Fsp3) is 0.381. The second kappa shape index (κ2) is 10.7. The zero-order valence-electron chi connectivity index (χ0n) is 16.8. The Labute approximate surface area is 179 Å². The van der Waals surface area contributed by atoms with Gasteiger partial charge in [-0.3, -0.25) is 14.5 Å². The van der Waals surface area contributed by atoms with Gasteiger partial charge in [0.25, 0.3) is 5.91 Å². The molecule has 0 spiro atoms. The van der Waals surface area contributed by atoms with E-state index in [9.17, 15) is 14.4 Å². The average molecular weight is 431 g/mol. The summed E-state index contributed by atoms with van der Waals surface area (Å²) in [7, 11) is 0. The van der Waals surface area contributed by atoms with Crippen LogP contribution < -0.4 is 16.0 Å². The van der Waals surface area contributed by atoms with E-state index in [4.69, 9.17) is 4.74 Å². The van der Waals surface area contributed by atoms with E-state index in [1.165, 1.54) is 11.3 Å². The molecule has 1 aliphatic rings. The minimum atomic E-state index is -0.417. The first-order chi connectivity index (χ1) is 14.5. The highest BCUT2D eigenvalue weighted by molar-refractivity contribution is 7.12. The van der Waals surface area contributed by atoms with Crippen molar-refractivity contribution in [3.63, 3.8) is 0 Å². The van der Waals surface area contributed by atoms with Gasteiger partial charge in [0.15, 0.2) is 0 Å². The summed E-state index contributed by atoms with van der Waals surface area (Å²) in [6.07, 6.45) is 1.36. The Morgan fingerprint density at radius 1 is 1.13 bits per heavy atom. The predicted octanol–water partition coefficient (Wildman–Crippen LogP) is 3.15. The Kier molecular flexibility index (Phi) is 7.81. The number of nitrogens with zero attached hydrogens (tertiary/aromatic N) is 1. The van der Waals surface area contributed by atoms with Crippen molar-refractivity contribution in [2.45, 2.75) is 25.8 Å². The Morgan fingerprint density at radius 2 is 1.87 bits per heavy atom. The number of rotatable bonds is 7. The third-order valence-electron chi connectivity index (χ3n) is 4.64. The van der Waals surface area contributed by atoms with Gasteiger partial charge in [-0.15, -0.1) is 11.3 Å². The van der Waals surface area contributed by atoms with E-state index < -0.39 is 6.09 Å². The molecule has 1 aromatic heterocycles. The highest BCUT2D eigenvalue weighted by Gasteiger charge is 2.23. The second-order valence-electron chi connectivity index (χ2n) is 7.00. The van der Waals surface area contributed by atoms with Crippen molar-refractivity contribution in [3.05, 3.63) is 46.7 Å². The molecule has 160 valence electrons. The third kappa shape index (κ3) is 6.57. The van der Waals surface area contributed by atoms with Gasteiger partial charge in [-0.25, -0.2) is 4.79 Å². The van der Waals surface area contributed by atoms with Crippen molar-refractivity contribution in [2.75, 3.05) is 36.9 Å². The molecule has 1 saturated heterocycles.